The van der Waals surface area contributed by atoms with Crippen LogP contribution >= 0.6 is 0 Å². The fraction of sp³-hybridized carbons (Fsp3) is 0.526. The van der Waals surface area contributed by atoms with E-state index in [1.165, 1.54) is 0 Å². The number of imidazole rings is 1. The van der Waals surface area contributed by atoms with Crippen LogP contribution in [0, 0.1) is 6.92 Å². The van der Waals surface area contributed by atoms with Gasteiger partial charge in [0.15, 0.2) is 0 Å². The normalized spacial score (nSPS) is 15.8. The van der Waals surface area contributed by atoms with Crippen molar-refractivity contribution in [2.45, 2.75) is 39.7 Å². The first kappa shape index (κ1) is 18.2. The average Bonchev–Trinajstić information content (AvgIpc) is 2.76. The highest BCUT2D eigenvalue weighted by molar-refractivity contribution is 5.95. The van der Waals surface area contributed by atoms with Crippen LogP contribution in [-0.4, -0.2) is 63.0 Å². The average molecular weight is 358 g/mol. The molecule has 26 heavy (non-hydrogen) atoms. The highest BCUT2D eigenvalue weighted by Crippen LogP contribution is 2.15. The molecule has 0 aliphatic carbocycles. The number of rotatable bonds is 1. The third-order valence-corrected chi connectivity index (χ3v) is 4.26. The number of aromatic nitrogens is 2. The summed E-state index contributed by atoms with van der Waals surface area (Å²) in [6, 6.07) is 3.62. The number of carbonyl (C=O) groups is 2. The molecule has 0 N–H and O–H groups in total. The quantitative estimate of drug-likeness (QED) is 0.786. The fourth-order valence-corrected chi connectivity index (χ4v) is 3.05. The van der Waals surface area contributed by atoms with Crippen LogP contribution in [0.15, 0.2) is 24.5 Å². The summed E-state index contributed by atoms with van der Waals surface area (Å²) in [5.74, 6) is -0.0285. The van der Waals surface area contributed by atoms with Gasteiger partial charge in [-0.25, -0.2) is 9.78 Å². The van der Waals surface area contributed by atoms with Crippen LogP contribution in [0.3, 0.4) is 0 Å². The Bertz CT molecular complexity index is 822. The molecule has 2 aromatic rings. The zero-order valence-electron chi connectivity index (χ0n) is 15.9. The number of ether oxygens (including phenoxy) is 1. The summed E-state index contributed by atoms with van der Waals surface area (Å²) < 4.78 is 7.34. The van der Waals surface area contributed by atoms with Crippen molar-refractivity contribution in [3.05, 3.63) is 35.8 Å². The molecular formula is C19H26N4O3. The lowest BCUT2D eigenvalue weighted by Crippen LogP contribution is -2.40. The number of carbonyl (C=O) groups excluding carboxylic acids is 2. The molecule has 3 rings (SSSR count). The van der Waals surface area contributed by atoms with Crippen LogP contribution in [0.5, 0.6) is 0 Å². The van der Waals surface area contributed by atoms with Crippen molar-refractivity contribution in [3.63, 3.8) is 0 Å². The Morgan fingerprint density at radius 1 is 1.12 bits per heavy atom. The molecule has 0 radical (unpaired) electrons. The summed E-state index contributed by atoms with van der Waals surface area (Å²) in [6.45, 7) is 9.68. The monoisotopic (exact) mass is 358 g/mol. The number of amides is 2. The van der Waals surface area contributed by atoms with Crippen molar-refractivity contribution in [2.24, 2.45) is 0 Å². The second-order valence-corrected chi connectivity index (χ2v) is 7.68. The van der Waals surface area contributed by atoms with Crippen LogP contribution in [0.25, 0.3) is 5.65 Å². The van der Waals surface area contributed by atoms with Gasteiger partial charge in [0.25, 0.3) is 5.91 Å². The molecule has 0 spiro atoms. The van der Waals surface area contributed by atoms with Gasteiger partial charge in [-0.15, -0.1) is 0 Å². The SMILES string of the molecule is Cc1cn2ccc(C(=O)N3CCCN(C(=O)OC(C)(C)C)CC3)cc2n1. The highest BCUT2D eigenvalue weighted by Gasteiger charge is 2.26. The Morgan fingerprint density at radius 2 is 1.81 bits per heavy atom. The van der Waals surface area contributed by atoms with Crippen LogP contribution < -0.4 is 0 Å². The summed E-state index contributed by atoms with van der Waals surface area (Å²) in [5.41, 5.74) is 1.78. The Hall–Kier alpha value is -2.57. The van der Waals surface area contributed by atoms with Crippen LogP contribution in [0.2, 0.25) is 0 Å². The van der Waals surface area contributed by atoms with Gasteiger partial charge >= 0.3 is 6.09 Å². The van der Waals surface area contributed by atoms with E-state index in [1.807, 2.05) is 56.6 Å². The molecule has 7 nitrogen and oxygen atoms in total. The largest absolute Gasteiger partial charge is 0.444 e. The van der Waals surface area contributed by atoms with E-state index in [4.69, 9.17) is 4.74 Å². The van der Waals surface area contributed by atoms with E-state index in [2.05, 4.69) is 4.98 Å². The lowest BCUT2D eigenvalue weighted by molar-refractivity contribution is 0.0255. The summed E-state index contributed by atoms with van der Waals surface area (Å²) in [4.78, 5) is 33.0. The molecule has 0 bridgehead atoms. The fourth-order valence-electron chi connectivity index (χ4n) is 3.05. The second-order valence-electron chi connectivity index (χ2n) is 7.68. The molecule has 2 amide bonds. The summed E-state index contributed by atoms with van der Waals surface area (Å²) in [6.07, 6.45) is 4.19. The van der Waals surface area contributed by atoms with E-state index in [0.717, 1.165) is 17.8 Å². The van der Waals surface area contributed by atoms with Gasteiger partial charge in [0.05, 0.1) is 5.69 Å². The standard InChI is InChI=1S/C19H26N4O3/c1-14-13-23-9-6-15(12-16(23)20-14)17(24)21-7-5-8-22(11-10-21)18(25)26-19(2,3)4/h6,9,12-13H,5,7-8,10-11H2,1-4H3. The van der Waals surface area contributed by atoms with Gasteiger partial charge in [0.2, 0.25) is 0 Å². The molecule has 0 saturated carbocycles. The Labute approximate surface area is 153 Å². The summed E-state index contributed by atoms with van der Waals surface area (Å²) in [5, 5.41) is 0. The van der Waals surface area contributed by atoms with E-state index in [-0.39, 0.29) is 12.0 Å². The Balaban J connectivity index is 1.67. The number of fused-ring (bicyclic) bond motifs is 1. The molecule has 140 valence electrons. The molecule has 0 aromatic carbocycles. The van der Waals surface area contributed by atoms with Crippen molar-refractivity contribution in [2.75, 3.05) is 26.2 Å². The van der Waals surface area contributed by atoms with E-state index in [9.17, 15) is 9.59 Å². The molecule has 7 heteroatoms. The number of aryl methyl sites for hydroxylation is 1. The lowest BCUT2D eigenvalue weighted by atomic mass is 10.2. The maximum absolute atomic E-state index is 12.9. The molecule has 0 atom stereocenters. The first-order valence-corrected chi connectivity index (χ1v) is 8.95. The maximum Gasteiger partial charge on any atom is 0.410 e. The summed E-state index contributed by atoms with van der Waals surface area (Å²) in [7, 11) is 0. The zero-order valence-corrected chi connectivity index (χ0v) is 15.9. The maximum atomic E-state index is 12.9. The minimum absolute atomic E-state index is 0.0285. The van der Waals surface area contributed by atoms with Crippen molar-refractivity contribution >= 4 is 17.6 Å². The van der Waals surface area contributed by atoms with E-state index in [0.29, 0.717) is 31.7 Å². The van der Waals surface area contributed by atoms with E-state index < -0.39 is 5.60 Å². The van der Waals surface area contributed by atoms with Gasteiger partial charge in [-0.05, 0) is 46.2 Å². The third kappa shape index (κ3) is 4.15. The molecule has 3 heterocycles. The van der Waals surface area contributed by atoms with Crippen molar-refractivity contribution in [1.29, 1.82) is 0 Å². The molecular weight excluding hydrogens is 332 g/mol. The minimum Gasteiger partial charge on any atom is -0.444 e. The van der Waals surface area contributed by atoms with Crippen LogP contribution in [-0.2, 0) is 4.74 Å². The predicted octanol–water partition coefficient (Wildman–Crippen LogP) is 2.73. The first-order chi connectivity index (χ1) is 12.2. The van der Waals surface area contributed by atoms with Gasteiger partial charge < -0.3 is 18.9 Å². The van der Waals surface area contributed by atoms with Crippen molar-refractivity contribution in [3.8, 4) is 0 Å². The van der Waals surface area contributed by atoms with Gasteiger partial charge in [0, 0.05) is 44.1 Å². The third-order valence-electron chi connectivity index (χ3n) is 4.26. The smallest absolute Gasteiger partial charge is 0.410 e. The lowest BCUT2D eigenvalue weighted by Gasteiger charge is -2.26. The van der Waals surface area contributed by atoms with Crippen LogP contribution in [0.1, 0.15) is 43.2 Å². The highest BCUT2D eigenvalue weighted by atomic mass is 16.6. The molecule has 1 aliphatic heterocycles. The number of hydrogen-bond acceptors (Lipinski definition) is 4. The topological polar surface area (TPSA) is 67.2 Å². The van der Waals surface area contributed by atoms with Gasteiger partial charge in [-0.1, -0.05) is 0 Å². The van der Waals surface area contributed by atoms with E-state index >= 15 is 0 Å². The van der Waals surface area contributed by atoms with Gasteiger partial charge in [-0.2, -0.15) is 0 Å². The van der Waals surface area contributed by atoms with Gasteiger partial charge in [0.1, 0.15) is 11.2 Å². The Morgan fingerprint density at radius 3 is 2.54 bits per heavy atom. The summed E-state index contributed by atoms with van der Waals surface area (Å²) >= 11 is 0. The molecule has 2 aromatic heterocycles. The van der Waals surface area contributed by atoms with Crippen molar-refractivity contribution < 1.29 is 14.3 Å². The number of hydrogen-bond donors (Lipinski definition) is 0. The molecule has 1 aliphatic rings. The minimum atomic E-state index is -0.517. The predicted molar refractivity (Wildman–Crippen MR) is 98.3 cm³/mol. The van der Waals surface area contributed by atoms with E-state index in [1.54, 1.807) is 9.80 Å². The first-order valence-electron chi connectivity index (χ1n) is 8.95. The Kier molecular flexibility index (Phi) is 4.89. The molecule has 0 unspecified atom stereocenters. The second kappa shape index (κ2) is 6.97. The molecule has 1 saturated heterocycles. The van der Waals surface area contributed by atoms with Crippen LogP contribution in [0.4, 0.5) is 4.79 Å². The molecule has 1 fully saturated rings. The van der Waals surface area contributed by atoms with Crippen molar-refractivity contribution in [1.82, 2.24) is 19.2 Å². The van der Waals surface area contributed by atoms with Gasteiger partial charge in [-0.3, -0.25) is 4.79 Å². The number of nitrogens with zero attached hydrogens (tertiary/aromatic N) is 4. The zero-order chi connectivity index (χ0) is 18.9. The number of pyridine rings is 1.